The molecule has 1 amide bonds. The molecule has 2 aromatic carbocycles. The van der Waals surface area contributed by atoms with Gasteiger partial charge < -0.3 is 19.3 Å². The monoisotopic (exact) mass is 506 g/mol. The van der Waals surface area contributed by atoms with E-state index in [1.54, 1.807) is 37.3 Å². The number of aromatic nitrogens is 1. The van der Waals surface area contributed by atoms with Gasteiger partial charge in [0.05, 0.1) is 24.4 Å². The van der Waals surface area contributed by atoms with Crippen LogP contribution in [0.5, 0.6) is 11.5 Å². The minimum absolute atomic E-state index is 0.0898. The summed E-state index contributed by atoms with van der Waals surface area (Å²) < 4.78 is 16.0. The van der Waals surface area contributed by atoms with Gasteiger partial charge in [0.1, 0.15) is 23.9 Å². The van der Waals surface area contributed by atoms with E-state index in [0.717, 1.165) is 16.9 Å². The SMILES string of the molecule is COC(=O)c1sc(N2C(=O)C(=O)C(=C(O)c3ccc4c(c3)OCCO4)[C@@H]2c2ccc(C)cc2)nc1C. The average Bonchev–Trinajstić information content (AvgIpc) is 3.40. The van der Waals surface area contributed by atoms with Crippen molar-refractivity contribution in [2.75, 3.05) is 25.2 Å². The van der Waals surface area contributed by atoms with Gasteiger partial charge in [0.15, 0.2) is 16.6 Å². The molecule has 1 N–H and O–H groups in total. The molecule has 0 radical (unpaired) electrons. The first-order chi connectivity index (χ1) is 17.3. The summed E-state index contributed by atoms with van der Waals surface area (Å²) in [6.45, 7) is 4.32. The summed E-state index contributed by atoms with van der Waals surface area (Å²) >= 11 is 0.951. The predicted molar refractivity (Wildman–Crippen MR) is 132 cm³/mol. The van der Waals surface area contributed by atoms with Crippen LogP contribution in [0.3, 0.4) is 0 Å². The standard InChI is InChI=1S/C26H22N2O7S/c1-13-4-6-15(7-5-13)20-19(21(29)16-8-9-17-18(12-16)35-11-10-34-17)22(30)24(31)28(20)26-27-14(2)23(36-26)25(32)33-3/h4-9,12,20,29H,10-11H2,1-3H3/t20-/m0/s1. The number of anilines is 1. The third-order valence-electron chi connectivity index (χ3n) is 6.02. The smallest absolute Gasteiger partial charge is 0.350 e. The number of carbonyl (C=O) groups excluding carboxylic acids is 3. The quantitative estimate of drug-likeness (QED) is 0.245. The van der Waals surface area contributed by atoms with Gasteiger partial charge in [0.25, 0.3) is 5.78 Å². The fourth-order valence-corrected chi connectivity index (χ4v) is 5.22. The van der Waals surface area contributed by atoms with Crippen LogP contribution >= 0.6 is 11.3 Å². The van der Waals surface area contributed by atoms with Crippen LogP contribution in [0.15, 0.2) is 48.0 Å². The Morgan fingerprint density at radius 2 is 1.78 bits per heavy atom. The van der Waals surface area contributed by atoms with E-state index in [2.05, 4.69) is 4.98 Å². The van der Waals surface area contributed by atoms with Crippen molar-refractivity contribution in [3.8, 4) is 11.5 Å². The second-order valence-electron chi connectivity index (χ2n) is 8.34. The van der Waals surface area contributed by atoms with Gasteiger partial charge in [-0.1, -0.05) is 41.2 Å². The van der Waals surface area contributed by atoms with Gasteiger partial charge in [0, 0.05) is 5.56 Å². The van der Waals surface area contributed by atoms with Gasteiger partial charge in [-0.05, 0) is 37.6 Å². The summed E-state index contributed by atoms with van der Waals surface area (Å²) in [4.78, 5) is 44.7. The van der Waals surface area contributed by atoms with Crippen LogP contribution in [-0.2, 0) is 14.3 Å². The lowest BCUT2D eigenvalue weighted by Crippen LogP contribution is -2.29. The summed E-state index contributed by atoms with van der Waals surface area (Å²) in [7, 11) is 1.26. The molecule has 0 unspecified atom stereocenters. The number of aliphatic hydroxyl groups is 1. The fraction of sp³-hybridized carbons (Fsp3) is 0.231. The number of Topliss-reactive ketones (excluding diaryl/α,β-unsaturated/α-hetero) is 1. The number of ether oxygens (including phenoxy) is 3. The zero-order valence-electron chi connectivity index (χ0n) is 19.7. The molecule has 9 nitrogen and oxygen atoms in total. The highest BCUT2D eigenvalue weighted by molar-refractivity contribution is 7.17. The van der Waals surface area contributed by atoms with Crippen molar-refractivity contribution in [3.63, 3.8) is 0 Å². The van der Waals surface area contributed by atoms with Crippen LogP contribution in [0.4, 0.5) is 5.13 Å². The minimum Gasteiger partial charge on any atom is -0.507 e. The highest BCUT2D eigenvalue weighted by Crippen LogP contribution is 2.44. The number of fused-ring (bicyclic) bond motifs is 1. The number of hydrogen-bond acceptors (Lipinski definition) is 9. The van der Waals surface area contributed by atoms with Crippen molar-refractivity contribution in [1.82, 2.24) is 4.98 Å². The van der Waals surface area contributed by atoms with Gasteiger partial charge >= 0.3 is 11.9 Å². The maximum Gasteiger partial charge on any atom is 0.350 e. The Hall–Kier alpha value is -4.18. The zero-order chi connectivity index (χ0) is 25.6. The molecule has 2 aliphatic rings. The van der Waals surface area contributed by atoms with Gasteiger partial charge in [-0.25, -0.2) is 9.78 Å². The topological polar surface area (TPSA) is 115 Å². The van der Waals surface area contributed by atoms with Gasteiger partial charge in [-0.15, -0.1) is 0 Å². The normalized spacial score (nSPS) is 18.4. The fourth-order valence-electron chi connectivity index (χ4n) is 4.21. The van der Waals surface area contributed by atoms with E-state index in [0.29, 0.717) is 41.5 Å². The van der Waals surface area contributed by atoms with Crippen LogP contribution in [0.1, 0.15) is 38.1 Å². The maximum atomic E-state index is 13.3. The molecule has 184 valence electrons. The second-order valence-corrected chi connectivity index (χ2v) is 9.32. The molecule has 36 heavy (non-hydrogen) atoms. The Morgan fingerprint density at radius 3 is 2.47 bits per heavy atom. The number of carbonyl (C=O) groups is 3. The molecule has 10 heteroatoms. The highest BCUT2D eigenvalue weighted by atomic mass is 32.1. The maximum absolute atomic E-state index is 13.3. The summed E-state index contributed by atoms with van der Waals surface area (Å²) in [6.07, 6.45) is 0. The number of aryl methyl sites for hydroxylation is 2. The molecule has 5 rings (SSSR count). The lowest BCUT2D eigenvalue weighted by molar-refractivity contribution is -0.132. The third-order valence-corrected chi connectivity index (χ3v) is 7.15. The Bertz CT molecular complexity index is 1420. The van der Waals surface area contributed by atoms with E-state index < -0.39 is 23.7 Å². The lowest BCUT2D eigenvalue weighted by Gasteiger charge is -2.23. The molecule has 0 aliphatic carbocycles. The molecule has 1 aromatic heterocycles. The Kier molecular flexibility index (Phi) is 5.97. The number of nitrogens with zero attached hydrogens (tertiary/aromatic N) is 2. The van der Waals surface area contributed by atoms with E-state index in [1.807, 2.05) is 19.1 Å². The number of rotatable bonds is 4. The molecule has 0 bridgehead atoms. The van der Waals surface area contributed by atoms with E-state index in [1.165, 1.54) is 12.0 Å². The number of esters is 1. The van der Waals surface area contributed by atoms with E-state index in [9.17, 15) is 19.5 Å². The molecule has 3 aromatic rings. The zero-order valence-corrected chi connectivity index (χ0v) is 20.5. The van der Waals surface area contributed by atoms with Gasteiger partial charge in [-0.3, -0.25) is 14.5 Å². The van der Waals surface area contributed by atoms with Gasteiger partial charge in [0.2, 0.25) is 0 Å². The third kappa shape index (κ3) is 3.89. The van der Waals surface area contributed by atoms with Crippen molar-refractivity contribution in [1.29, 1.82) is 0 Å². The van der Waals surface area contributed by atoms with Crippen LogP contribution in [0.25, 0.3) is 5.76 Å². The largest absolute Gasteiger partial charge is 0.507 e. The molecule has 0 saturated carbocycles. The number of aliphatic hydroxyl groups excluding tert-OH is 1. The van der Waals surface area contributed by atoms with E-state index >= 15 is 0 Å². The van der Waals surface area contributed by atoms with Crippen molar-refractivity contribution in [3.05, 3.63) is 75.3 Å². The highest BCUT2D eigenvalue weighted by Gasteiger charge is 2.48. The molecule has 3 heterocycles. The van der Waals surface area contributed by atoms with Gasteiger partial charge in [-0.2, -0.15) is 0 Å². The molecule has 1 saturated heterocycles. The lowest BCUT2D eigenvalue weighted by atomic mass is 9.94. The summed E-state index contributed by atoms with van der Waals surface area (Å²) in [6, 6.07) is 11.1. The summed E-state index contributed by atoms with van der Waals surface area (Å²) in [5.74, 6) is -1.69. The molecule has 1 atom stereocenters. The second kappa shape index (κ2) is 9.12. The summed E-state index contributed by atoms with van der Waals surface area (Å²) in [5.41, 5.74) is 2.18. The van der Waals surface area contributed by atoms with Crippen LogP contribution in [0, 0.1) is 13.8 Å². The van der Waals surface area contributed by atoms with Crippen molar-refractivity contribution < 1.29 is 33.7 Å². The number of ketones is 1. The van der Waals surface area contributed by atoms with E-state index in [4.69, 9.17) is 14.2 Å². The number of thiazole rings is 1. The number of methoxy groups -OCH3 is 1. The molecular weight excluding hydrogens is 484 g/mol. The molecule has 1 fully saturated rings. The first kappa shape index (κ1) is 23.6. The molecular formula is C26H22N2O7S. The average molecular weight is 507 g/mol. The number of amides is 1. The number of benzene rings is 2. The van der Waals surface area contributed by atoms with Crippen molar-refractivity contribution >= 4 is 39.9 Å². The molecule has 2 aliphatic heterocycles. The first-order valence-corrected chi connectivity index (χ1v) is 11.9. The van der Waals surface area contributed by atoms with Crippen LogP contribution < -0.4 is 14.4 Å². The Balaban J connectivity index is 1.68. The summed E-state index contributed by atoms with van der Waals surface area (Å²) in [5, 5.41) is 11.5. The van der Waals surface area contributed by atoms with E-state index in [-0.39, 0.29) is 21.3 Å². The van der Waals surface area contributed by atoms with Crippen LogP contribution in [-0.4, -0.2) is 48.1 Å². The first-order valence-electron chi connectivity index (χ1n) is 11.1. The Labute approximate surface area is 210 Å². The Morgan fingerprint density at radius 1 is 1.08 bits per heavy atom. The minimum atomic E-state index is -0.963. The van der Waals surface area contributed by atoms with Crippen molar-refractivity contribution in [2.24, 2.45) is 0 Å². The van der Waals surface area contributed by atoms with Crippen LogP contribution in [0.2, 0.25) is 0 Å². The predicted octanol–water partition coefficient (Wildman–Crippen LogP) is 3.94. The molecule has 0 spiro atoms. The van der Waals surface area contributed by atoms with Crippen molar-refractivity contribution in [2.45, 2.75) is 19.9 Å². The number of hydrogen-bond donors (Lipinski definition) is 1.